The summed E-state index contributed by atoms with van der Waals surface area (Å²) in [6.07, 6.45) is 3.36. The highest BCUT2D eigenvalue weighted by Gasteiger charge is 2.25. The van der Waals surface area contributed by atoms with Crippen molar-refractivity contribution in [2.75, 3.05) is 36.4 Å². The van der Waals surface area contributed by atoms with Crippen LogP contribution in [0.3, 0.4) is 0 Å². The first-order chi connectivity index (χ1) is 14.4. The molecule has 0 spiro atoms. The number of sulfonamides is 1. The molecule has 0 unspecified atom stereocenters. The molecule has 0 atom stereocenters. The van der Waals surface area contributed by atoms with Crippen LogP contribution in [0, 0.1) is 5.82 Å². The zero-order valence-corrected chi connectivity index (χ0v) is 18.2. The molecule has 8 heteroatoms. The minimum atomic E-state index is -3.79. The summed E-state index contributed by atoms with van der Waals surface area (Å²) in [7, 11) is -3.79. The number of nitrogens with zero attached hydrogens (tertiary/aromatic N) is 2. The van der Waals surface area contributed by atoms with E-state index in [4.69, 9.17) is 0 Å². The maximum Gasteiger partial charge on any atom is 0.258 e. The molecule has 0 aromatic heterocycles. The van der Waals surface area contributed by atoms with Crippen molar-refractivity contribution in [2.24, 2.45) is 0 Å². The smallest absolute Gasteiger partial charge is 0.258 e. The molecule has 1 heterocycles. The maximum absolute atomic E-state index is 14.5. The van der Waals surface area contributed by atoms with Crippen LogP contribution in [0.5, 0.6) is 0 Å². The summed E-state index contributed by atoms with van der Waals surface area (Å²) in [6.45, 7) is 5.85. The van der Waals surface area contributed by atoms with Gasteiger partial charge in [-0.15, -0.1) is 0 Å². The van der Waals surface area contributed by atoms with E-state index >= 15 is 0 Å². The molecule has 1 amide bonds. The van der Waals surface area contributed by atoms with Crippen LogP contribution in [0.25, 0.3) is 0 Å². The van der Waals surface area contributed by atoms with Crippen LogP contribution in [-0.2, 0) is 10.0 Å². The molecule has 1 saturated heterocycles. The number of anilines is 2. The Bertz CT molecular complexity index is 1000. The van der Waals surface area contributed by atoms with Crippen molar-refractivity contribution in [1.29, 1.82) is 0 Å². The molecule has 1 aliphatic heterocycles. The molecular formula is C22H28FN3O3S. The van der Waals surface area contributed by atoms with Crippen LogP contribution < -0.4 is 10.2 Å². The van der Waals surface area contributed by atoms with Gasteiger partial charge >= 0.3 is 0 Å². The SMILES string of the molecule is CCN(CC)S(=O)(=O)c1ccc(F)c(C(=O)Nc2ccccc2N2CCCCC2)c1. The fourth-order valence-electron chi connectivity index (χ4n) is 3.73. The van der Waals surface area contributed by atoms with E-state index in [1.807, 2.05) is 12.1 Å². The monoisotopic (exact) mass is 433 g/mol. The normalized spacial score (nSPS) is 14.7. The predicted molar refractivity (Wildman–Crippen MR) is 117 cm³/mol. The highest BCUT2D eigenvalue weighted by atomic mass is 32.2. The molecule has 3 rings (SSSR count). The molecule has 1 N–H and O–H groups in total. The van der Waals surface area contributed by atoms with E-state index < -0.39 is 21.7 Å². The van der Waals surface area contributed by atoms with Crippen molar-refractivity contribution in [3.63, 3.8) is 0 Å². The number of carbonyl (C=O) groups excluding carboxylic acids is 1. The molecular weight excluding hydrogens is 405 g/mol. The molecule has 0 bridgehead atoms. The lowest BCUT2D eigenvalue weighted by Gasteiger charge is -2.30. The van der Waals surface area contributed by atoms with Crippen LogP contribution in [0.2, 0.25) is 0 Å². The lowest BCUT2D eigenvalue weighted by atomic mass is 10.1. The Hall–Kier alpha value is -2.45. The molecule has 2 aromatic rings. The molecule has 1 aliphatic rings. The van der Waals surface area contributed by atoms with Crippen molar-refractivity contribution in [2.45, 2.75) is 38.0 Å². The van der Waals surface area contributed by atoms with Crippen molar-refractivity contribution in [3.8, 4) is 0 Å². The quantitative estimate of drug-likeness (QED) is 0.714. The first-order valence-electron chi connectivity index (χ1n) is 10.3. The van der Waals surface area contributed by atoms with Gasteiger partial charge in [-0.2, -0.15) is 4.31 Å². The Morgan fingerprint density at radius 2 is 1.73 bits per heavy atom. The van der Waals surface area contributed by atoms with Gasteiger partial charge in [-0.3, -0.25) is 4.79 Å². The van der Waals surface area contributed by atoms with E-state index in [1.165, 1.54) is 16.8 Å². The van der Waals surface area contributed by atoms with Crippen molar-refractivity contribution >= 4 is 27.3 Å². The standard InChI is InChI=1S/C22H28FN3O3S/c1-3-26(4-2)30(28,29)17-12-13-19(23)18(16-17)22(27)24-20-10-6-7-11-21(20)25-14-8-5-9-15-25/h6-7,10-13,16H,3-5,8-9,14-15H2,1-2H3,(H,24,27). The zero-order valence-electron chi connectivity index (χ0n) is 17.4. The van der Waals surface area contributed by atoms with E-state index in [-0.39, 0.29) is 10.5 Å². The summed E-state index contributed by atoms with van der Waals surface area (Å²) in [4.78, 5) is 15.0. The number of hydrogen-bond acceptors (Lipinski definition) is 4. The van der Waals surface area contributed by atoms with Gasteiger partial charge in [0.25, 0.3) is 5.91 Å². The van der Waals surface area contributed by atoms with Crippen LogP contribution in [0.4, 0.5) is 15.8 Å². The second-order valence-electron chi connectivity index (χ2n) is 7.25. The van der Waals surface area contributed by atoms with Gasteiger partial charge in [0.2, 0.25) is 10.0 Å². The van der Waals surface area contributed by atoms with E-state index in [9.17, 15) is 17.6 Å². The Morgan fingerprint density at radius 3 is 2.40 bits per heavy atom. The van der Waals surface area contributed by atoms with Crippen molar-refractivity contribution in [3.05, 3.63) is 53.8 Å². The lowest BCUT2D eigenvalue weighted by molar-refractivity contribution is 0.102. The number of para-hydroxylation sites is 2. The highest BCUT2D eigenvalue weighted by molar-refractivity contribution is 7.89. The van der Waals surface area contributed by atoms with Gasteiger partial charge in [0.1, 0.15) is 5.82 Å². The number of halogens is 1. The number of carbonyl (C=O) groups is 1. The van der Waals surface area contributed by atoms with E-state index in [2.05, 4.69) is 10.2 Å². The molecule has 30 heavy (non-hydrogen) atoms. The third-order valence-electron chi connectivity index (χ3n) is 5.37. The Labute approximate surface area is 177 Å². The predicted octanol–water partition coefficient (Wildman–Crippen LogP) is 4.10. The van der Waals surface area contributed by atoms with Gasteiger partial charge in [0, 0.05) is 26.2 Å². The fraction of sp³-hybridized carbons (Fsp3) is 0.409. The first kappa shape index (κ1) is 22.2. The van der Waals surface area contributed by atoms with Crippen molar-refractivity contribution in [1.82, 2.24) is 4.31 Å². The third-order valence-corrected chi connectivity index (χ3v) is 7.42. The average molecular weight is 434 g/mol. The third kappa shape index (κ3) is 4.65. The summed E-state index contributed by atoms with van der Waals surface area (Å²) in [6, 6.07) is 10.7. The van der Waals surface area contributed by atoms with Crippen LogP contribution in [0.1, 0.15) is 43.5 Å². The fourth-order valence-corrected chi connectivity index (χ4v) is 5.22. The topological polar surface area (TPSA) is 69.7 Å². The molecule has 6 nitrogen and oxygen atoms in total. The Kier molecular flexibility index (Phi) is 7.10. The Morgan fingerprint density at radius 1 is 1.07 bits per heavy atom. The van der Waals surface area contributed by atoms with E-state index in [1.54, 1.807) is 26.0 Å². The summed E-state index contributed by atoms with van der Waals surface area (Å²) < 4.78 is 41.3. The molecule has 0 saturated carbocycles. The largest absolute Gasteiger partial charge is 0.370 e. The number of rotatable bonds is 7. The van der Waals surface area contributed by atoms with E-state index in [0.717, 1.165) is 43.8 Å². The average Bonchev–Trinajstić information content (AvgIpc) is 2.75. The number of piperidine rings is 1. The molecule has 1 fully saturated rings. The number of nitrogens with one attached hydrogen (secondary N) is 1. The maximum atomic E-state index is 14.5. The van der Waals surface area contributed by atoms with Crippen LogP contribution in [-0.4, -0.2) is 44.8 Å². The Balaban J connectivity index is 1.90. The molecule has 162 valence electrons. The zero-order chi connectivity index (χ0) is 21.7. The minimum Gasteiger partial charge on any atom is -0.370 e. The van der Waals surface area contributed by atoms with Gasteiger partial charge in [0.15, 0.2) is 0 Å². The van der Waals surface area contributed by atoms with Crippen molar-refractivity contribution < 1.29 is 17.6 Å². The van der Waals surface area contributed by atoms with E-state index in [0.29, 0.717) is 18.8 Å². The van der Waals surface area contributed by atoms with Gasteiger partial charge < -0.3 is 10.2 Å². The summed E-state index contributed by atoms with van der Waals surface area (Å²) in [5, 5.41) is 2.77. The molecule has 2 aromatic carbocycles. The highest BCUT2D eigenvalue weighted by Crippen LogP contribution is 2.29. The summed E-state index contributed by atoms with van der Waals surface area (Å²) in [5.74, 6) is -1.44. The second-order valence-corrected chi connectivity index (χ2v) is 9.19. The number of benzene rings is 2. The van der Waals surface area contributed by atoms with Gasteiger partial charge in [-0.05, 0) is 49.6 Å². The first-order valence-corrected chi connectivity index (χ1v) is 11.8. The van der Waals surface area contributed by atoms with Gasteiger partial charge in [-0.25, -0.2) is 12.8 Å². The summed E-state index contributed by atoms with van der Waals surface area (Å²) >= 11 is 0. The number of hydrogen-bond donors (Lipinski definition) is 1. The second kappa shape index (κ2) is 9.57. The van der Waals surface area contributed by atoms with Gasteiger partial charge in [-0.1, -0.05) is 26.0 Å². The van der Waals surface area contributed by atoms with Gasteiger partial charge in [0.05, 0.1) is 21.8 Å². The van der Waals surface area contributed by atoms with Crippen LogP contribution >= 0.6 is 0 Å². The molecule has 0 aliphatic carbocycles. The molecule has 0 radical (unpaired) electrons. The minimum absolute atomic E-state index is 0.0953. The summed E-state index contributed by atoms with van der Waals surface area (Å²) in [5.41, 5.74) is 1.18. The lowest BCUT2D eigenvalue weighted by Crippen LogP contribution is -2.31. The van der Waals surface area contributed by atoms with Crippen LogP contribution in [0.15, 0.2) is 47.4 Å². The number of amides is 1.